The summed E-state index contributed by atoms with van der Waals surface area (Å²) >= 11 is 0. The number of benzene rings is 1. The molecule has 0 saturated carbocycles. The molecule has 0 fully saturated rings. The van der Waals surface area contributed by atoms with Gasteiger partial charge in [-0.1, -0.05) is 24.8 Å². The number of hydrogen-bond acceptors (Lipinski definition) is 1. The van der Waals surface area contributed by atoms with Crippen LogP contribution in [0.1, 0.15) is 11.1 Å². The first-order chi connectivity index (χ1) is 6.44. The topological polar surface area (TPSA) is 29.1 Å². The molecule has 0 aliphatic carbocycles. The maximum Gasteiger partial charge on any atom is 0.0518 e. The zero-order valence-corrected chi connectivity index (χ0v) is 9.77. The molecular weight excluding hydrogens is 194 g/mol. The summed E-state index contributed by atoms with van der Waals surface area (Å²) in [7, 11) is -2.25. The first-order valence-electron chi connectivity index (χ1n) is 4.49. The van der Waals surface area contributed by atoms with Gasteiger partial charge in [-0.2, -0.15) is 0 Å². The number of hydrogen-bond donors (Lipinski definition) is 2. The second kappa shape index (κ2) is 3.96. The van der Waals surface area contributed by atoms with Gasteiger partial charge < -0.3 is 4.72 Å². The van der Waals surface area contributed by atoms with Crippen LogP contribution in [0, 0.1) is 6.92 Å². The van der Waals surface area contributed by atoms with Crippen molar-refractivity contribution in [2.75, 3.05) is 17.2 Å². The smallest absolute Gasteiger partial charge is 0.0518 e. The predicted octanol–water partition coefficient (Wildman–Crippen LogP) is 2.24. The molecule has 14 heavy (non-hydrogen) atoms. The fourth-order valence-corrected chi connectivity index (χ4v) is 2.11. The molecule has 0 saturated heterocycles. The van der Waals surface area contributed by atoms with Gasteiger partial charge in [0.1, 0.15) is 0 Å². The summed E-state index contributed by atoms with van der Waals surface area (Å²) in [5.74, 6) is 0. The van der Waals surface area contributed by atoms with E-state index in [9.17, 15) is 4.21 Å². The molecule has 0 aromatic heterocycles. The molecule has 78 valence electrons. The Bertz CT molecular complexity index is 392. The van der Waals surface area contributed by atoms with E-state index in [1.165, 1.54) is 0 Å². The summed E-state index contributed by atoms with van der Waals surface area (Å²) in [5, 5.41) is 0. The highest BCUT2D eigenvalue weighted by atomic mass is 32.3. The van der Waals surface area contributed by atoms with Gasteiger partial charge in [-0.3, -0.25) is 4.21 Å². The van der Waals surface area contributed by atoms with Crippen molar-refractivity contribution in [1.82, 2.24) is 0 Å². The van der Waals surface area contributed by atoms with Gasteiger partial charge in [-0.05, 0) is 28.7 Å². The molecule has 0 atom stereocenters. The van der Waals surface area contributed by atoms with E-state index in [1.807, 2.05) is 25.1 Å². The zero-order valence-electron chi connectivity index (χ0n) is 8.87. The van der Waals surface area contributed by atoms with Crippen LogP contribution in [0.25, 0.3) is 6.08 Å². The Labute approximate surface area is 86.6 Å². The van der Waals surface area contributed by atoms with E-state index in [2.05, 4.69) is 11.3 Å². The van der Waals surface area contributed by atoms with Gasteiger partial charge in [-0.15, -0.1) is 0 Å². The lowest BCUT2D eigenvalue weighted by Crippen LogP contribution is -2.18. The third-order valence-corrected chi connectivity index (χ3v) is 2.70. The van der Waals surface area contributed by atoms with E-state index in [0.29, 0.717) is 0 Å². The van der Waals surface area contributed by atoms with E-state index in [1.54, 1.807) is 18.6 Å². The average molecular weight is 211 g/mol. The summed E-state index contributed by atoms with van der Waals surface area (Å²) in [6, 6.07) is 5.88. The van der Waals surface area contributed by atoms with Crippen LogP contribution in [0.3, 0.4) is 0 Å². The van der Waals surface area contributed by atoms with E-state index < -0.39 is 10.1 Å². The third-order valence-electron chi connectivity index (χ3n) is 1.92. The fraction of sp³-hybridized carbons (Fsp3) is 0.273. The van der Waals surface area contributed by atoms with Gasteiger partial charge in [0, 0.05) is 18.1 Å². The van der Waals surface area contributed by atoms with Crippen molar-refractivity contribution < 1.29 is 4.21 Å². The number of anilines is 1. The lowest BCUT2D eigenvalue weighted by Gasteiger charge is -2.18. The lowest BCUT2D eigenvalue weighted by atomic mass is 10.1. The Morgan fingerprint density at radius 3 is 2.57 bits per heavy atom. The van der Waals surface area contributed by atoms with Crippen LogP contribution in [0.15, 0.2) is 24.8 Å². The van der Waals surface area contributed by atoms with Gasteiger partial charge >= 0.3 is 0 Å². The fourth-order valence-electron chi connectivity index (χ4n) is 1.34. The number of rotatable bonds is 3. The molecule has 1 aromatic rings. The Hall–Kier alpha value is -1.09. The Kier molecular flexibility index (Phi) is 3.11. The van der Waals surface area contributed by atoms with Crippen molar-refractivity contribution in [3.63, 3.8) is 0 Å². The minimum atomic E-state index is -2.25. The Balaban J connectivity index is 3.15. The molecule has 0 amide bonds. The molecule has 0 bridgehead atoms. The zero-order chi connectivity index (χ0) is 10.8. The minimum Gasteiger partial charge on any atom is -0.326 e. The highest BCUT2D eigenvalue weighted by molar-refractivity contribution is 8.02. The van der Waals surface area contributed by atoms with Crippen molar-refractivity contribution in [3.8, 4) is 0 Å². The lowest BCUT2D eigenvalue weighted by molar-refractivity contribution is 0.682. The summed E-state index contributed by atoms with van der Waals surface area (Å²) in [4.78, 5) is 0. The molecule has 0 aliphatic rings. The number of nitrogens with one attached hydrogen (secondary N) is 1. The van der Waals surface area contributed by atoms with E-state index in [4.69, 9.17) is 0 Å². The first-order valence-corrected chi connectivity index (χ1v) is 7.09. The Morgan fingerprint density at radius 2 is 2.07 bits per heavy atom. The molecular formula is C11H17NOS. The largest absolute Gasteiger partial charge is 0.326 e. The average Bonchev–Trinajstić information content (AvgIpc) is 2.01. The molecule has 3 heteroatoms. The van der Waals surface area contributed by atoms with Crippen LogP contribution in [-0.2, 0) is 10.1 Å². The molecule has 0 radical (unpaired) electrons. The maximum atomic E-state index is 11.6. The van der Waals surface area contributed by atoms with Gasteiger partial charge in [0.05, 0.1) is 5.69 Å². The van der Waals surface area contributed by atoms with Crippen LogP contribution >= 0.6 is 0 Å². The molecule has 2 nitrogen and oxygen atoms in total. The van der Waals surface area contributed by atoms with E-state index in [-0.39, 0.29) is 0 Å². The Morgan fingerprint density at radius 1 is 1.43 bits per heavy atom. The monoisotopic (exact) mass is 211 g/mol. The van der Waals surface area contributed by atoms with Crippen molar-refractivity contribution >= 4 is 21.9 Å². The van der Waals surface area contributed by atoms with Crippen molar-refractivity contribution in [1.29, 1.82) is 0 Å². The van der Waals surface area contributed by atoms with Gasteiger partial charge in [0.2, 0.25) is 0 Å². The maximum absolute atomic E-state index is 11.6. The molecule has 0 spiro atoms. The van der Waals surface area contributed by atoms with E-state index >= 15 is 0 Å². The third kappa shape index (κ3) is 2.70. The molecule has 1 N–H and O–H groups in total. The van der Waals surface area contributed by atoms with Crippen molar-refractivity contribution in [2.24, 2.45) is 0 Å². The second-order valence-electron chi connectivity index (χ2n) is 3.70. The predicted molar refractivity (Wildman–Crippen MR) is 66.3 cm³/mol. The van der Waals surface area contributed by atoms with Crippen LogP contribution in [-0.4, -0.2) is 16.7 Å². The van der Waals surface area contributed by atoms with Crippen LogP contribution in [0.2, 0.25) is 0 Å². The van der Waals surface area contributed by atoms with Crippen LogP contribution < -0.4 is 4.72 Å². The van der Waals surface area contributed by atoms with Crippen LogP contribution in [0.5, 0.6) is 0 Å². The molecule has 1 rings (SSSR count). The molecule has 1 aromatic carbocycles. The van der Waals surface area contributed by atoms with E-state index in [0.717, 1.165) is 16.8 Å². The van der Waals surface area contributed by atoms with Crippen molar-refractivity contribution in [2.45, 2.75) is 6.92 Å². The highest BCUT2D eigenvalue weighted by Crippen LogP contribution is 2.22. The minimum absolute atomic E-state index is 0.897. The first kappa shape index (κ1) is 11.0. The SMILES string of the molecule is C=Cc1c(C)cccc1N[SH](C)(C)=O. The van der Waals surface area contributed by atoms with Gasteiger partial charge in [-0.25, -0.2) is 0 Å². The van der Waals surface area contributed by atoms with Crippen molar-refractivity contribution in [3.05, 3.63) is 35.9 Å². The van der Waals surface area contributed by atoms with Gasteiger partial charge in [0.25, 0.3) is 0 Å². The molecule has 0 unspecified atom stereocenters. The standard InChI is InChI=1S/C11H17NOS/c1-5-10-9(2)7-6-8-11(10)12-14(3,4)13/h5-8,14H,1H2,2-4H3,(H,12,13). The quantitative estimate of drug-likeness (QED) is 0.738. The number of thiol groups is 1. The highest BCUT2D eigenvalue weighted by Gasteiger charge is 2.05. The van der Waals surface area contributed by atoms with Gasteiger partial charge in [0.15, 0.2) is 0 Å². The summed E-state index contributed by atoms with van der Waals surface area (Å²) in [6.45, 7) is 5.77. The number of aryl methyl sites for hydroxylation is 1. The summed E-state index contributed by atoms with van der Waals surface area (Å²) in [6.07, 6.45) is 5.21. The molecule has 0 aliphatic heterocycles. The second-order valence-corrected chi connectivity index (χ2v) is 6.63. The van der Waals surface area contributed by atoms with Crippen LogP contribution in [0.4, 0.5) is 5.69 Å². The molecule has 0 heterocycles. The summed E-state index contributed by atoms with van der Waals surface area (Å²) in [5.41, 5.74) is 3.06. The normalized spacial score (nSPS) is 12.2. The summed E-state index contributed by atoms with van der Waals surface area (Å²) < 4.78 is 14.6.